The summed E-state index contributed by atoms with van der Waals surface area (Å²) in [6.07, 6.45) is 2.37. The third-order valence-corrected chi connectivity index (χ3v) is 7.29. The standard InChI is InChI=1S/C21H40N4O5S2/c1-3-4-19(26)22-7-17-31-32-18-8-23-20(27)5-9-24-11-13-25(14-12-24)10-6-21(28)30-16-15-29-2/h3-18H2,1-2H3,(H,22,26)(H,23,27). The van der Waals surface area contributed by atoms with Crippen molar-refractivity contribution < 1.29 is 23.9 Å². The van der Waals surface area contributed by atoms with Crippen LogP contribution in [0.3, 0.4) is 0 Å². The topological polar surface area (TPSA) is 100 Å². The predicted molar refractivity (Wildman–Crippen MR) is 131 cm³/mol. The van der Waals surface area contributed by atoms with E-state index in [9.17, 15) is 14.4 Å². The summed E-state index contributed by atoms with van der Waals surface area (Å²) in [4.78, 5) is 39.6. The minimum Gasteiger partial charge on any atom is -0.463 e. The monoisotopic (exact) mass is 492 g/mol. The average molecular weight is 493 g/mol. The number of piperazine rings is 1. The molecule has 0 aromatic heterocycles. The molecule has 186 valence electrons. The molecule has 1 aliphatic heterocycles. The minimum absolute atomic E-state index is 0.0867. The van der Waals surface area contributed by atoms with Crippen LogP contribution in [0.1, 0.15) is 32.6 Å². The summed E-state index contributed by atoms with van der Waals surface area (Å²) in [7, 11) is 5.01. The van der Waals surface area contributed by atoms with Gasteiger partial charge in [0.05, 0.1) is 13.0 Å². The first-order valence-corrected chi connectivity index (χ1v) is 13.9. The fraction of sp³-hybridized carbons (Fsp3) is 0.857. The van der Waals surface area contributed by atoms with Crippen molar-refractivity contribution in [1.29, 1.82) is 0 Å². The number of carbonyl (C=O) groups is 3. The molecule has 11 heteroatoms. The Morgan fingerprint density at radius 2 is 1.34 bits per heavy atom. The Labute approximate surface area is 200 Å². The molecule has 0 aliphatic carbocycles. The number of nitrogens with one attached hydrogen (secondary N) is 2. The van der Waals surface area contributed by atoms with Gasteiger partial charge in [-0.3, -0.25) is 14.4 Å². The normalized spacial score (nSPS) is 14.8. The van der Waals surface area contributed by atoms with E-state index in [1.165, 1.54) is 0 Å². The van der Waals surface area contributed by atoms with Crippen molar-refractivity contribution in [3.8, 4) is 0 Å². The third-order valence-electron chi connectivity index (χ3n) is 4.88. The van der Waals surface area contributed by atoms with Crippen LogP contribution in [0.2, 0.25) is 0 Å². The number of carbonyl (C=O) groups excluding carboxylic acids is 3. The van der Waals surface area contributed by atoms with Crippen molar-refractivity contribution in [2.45, 2.75) is 32.6 Å². The molecular formula is C21H40N4O5S2. The van der Waals surface area contributed by atoms with Crippen molar-refractivity contribution in [3.63, 3.8) is 0 Å². The van der Waals surface area contributed by atoms with E-state index in [0.29, 0.717) is 52.1 Å². The summed E-state index contributed by atoms with van der Waals surface area (Å²) in [6, 6.07) is 0. The van der Waals surface area contributed by atoms with Gasteiger partial charge >= 0.3 is 5.97 Å². The van der Waals surface area contributed by atoms with Crippen LogP contribution in [-0.4, -0.2) is 112 Å². The van der Waals surface area contributed by atoms with E-state index in [1.807, 2.05) is 6.92 Å². The van der Waals surface area contributed by atoms with Crippen LogP contribution in [0.15, 0.2) is 0 Å². The number of hydrogen-bond donors (Lipinski definition) is 2. The van der Waals surface area contributed by atoms with Crippen LogP contribution in [0, 0.1) is 0 Å². The van der Waals surface area contributed by atoms with Crippen LogP contribution in [0.4, 0.5) is 0 Å². The van der Waals surface area contributed by atoms with Crippen LogP contribution < -0.4 is 10.6 Å². The predicted octanol–water partition coefficient (Wildman–Crippen LogP) is 0.988. The quantitative estimate of drug-likeness (QED) is 0.165. The number of nitrogens with zero attached hydrogens (tertiary/aromatic N) is 2. The number of rotatable bonds is 18. The van der Waals surface area contributed by atoms with Gasteiger partial charge in [0.1, 0.15) is 6.61 Å². The van der Waals surface area contributed by atoms with E-state index < -0.39 is 0 Å². The molecule has 2 N–H and O–H groups in total. The molecule has 0 unspecified atom stereocenters. The van der Waals surface area contributed by atoms with Gasteiger partial charge in [-0.1, -0.05) is 28.5 Å². The molecule has 1 heterocycles. The molecule has 0 aromatic carbocycles. The first-order chi connectivity index (χ1) is 15.5. The number of methoxy groups -OCH3 is 1. The summed E-state index contributed by atoms with van der Waals surface area (Å²) < 4.78 is 9.94. The molecule has 1 saturated heterocycles. The van der Waals surface area contributed by atoms with Crippen molar-refractivity contribution in [3.05, 3.63) is 0 Å². The maximum Gasteiger partial charge on any atom is 0.307 e. The summed E-state index contributed by atoms with van der Waals surface area (Å²) in [6.45, 7) is 9.17. The number of hydrogen-bond acceptors (Lipinski definition) is 9. The average Bonchev–Trinajstić information content (AvgIpc) is 2.79. The Bertz CT molecular complexity index is 534. The highest BCUT2D eigenvalue weighted by Gasteiger charge is 2.18. The van der Waals surface area contributed by atoms with Crippen molar-refractivity contribution in [1.82, 2.24) is 20.4 Å². The Morgan fingerprint density at radius 1 is 0.812 bits per heavy atom. The molecular weight excluding hydrogens is 452 g/mol. The van der Waals surface area contributed by atoms with Gasteiger partial charge in [0.15, 0.2) is 0 Å². The zero-order valence-electron chi connectivity index (χ0n) is 19.6. The number of ether oxygens (including phenoxy) is 2. The van der Waals surface area contributed by atoms with E-state index in [1.54, 1.807) is 28.7 Å². The SMILES string of the molecule is CCCC(=O)NCCSSCCNC(=O)CCN1CCN(CCC(=O)OCCOC)CC1. The van der Waals surface area contributed by atoms with Gasteiger partial charge in [-0.15, -0.1) is 0 Å². The summed E-state index contributed by atoms with van der Waals surface area (Å²) >= 11 is 0. The van der Waals surface area contributed by atoms with Gasteiger partial charge in [-0.25, -0.2) is 0 Å². The highest BCUT2D eigenvalue weighted by atomic mass is 33.1. The Kier molecular flexibility index (Phi) is 17.6. The van der Waals surface area contributed by atoms with E-state index in [0.717, 1.165) is 50.7 Å². The zero-order chi connectivity index (χ0) is 23.4. The fourth-order valence-electron chi connectivity index (χ4n) is 3.04. The molecule has 32 heavy (non-hydrogen) atoms. The van der Waals surface area contributed by atoms with Gasteiger partial charge in [-0.2, -0.15) is 0 Å². The number of esters is 1. The largest absolute Gasteiger partial charge is 0.463 e. The van der Waals surface area contributed by atoms with Gasteiger partial charge in [0.25, 0.3) is 0 Å². The molecule has 1 rings (SSSR count). The lowest BCUT2D eigenvalue weighted by Crippen LogP contribution is -2.47. The Hall–Kier alpha value is -1.01. The molecule has 0 spiro atoms. The highest BCUT2D eigenvalue weighted by molar-refractivity contribution is 8.76. The van der Waals surface area contributed by atoms with E-state index in [2.05, 4.69) is 20.4 Å². The maximum absolute atomic E-state index is 12.0. The van der Waals surface area contributed by atoms with E-state index >= 15 is 0 Å². The third kappa shape index (κ3) is 15.7. The summed E-state index contributed by atoms with van der Waals surface area (Å²) in [5, 5.41) is 5.86. The Balaban J connectivity index is 1.94. The lowest BCUT2D eigenvalue weighted by molar-refractivity contribution is -0.145. The summed E-state index contributed by atoms with van der Waals surface area (Å²) in [5.41, 5.74) is 0. The summed E-state index contributed by atoms with van der Waals surface area (Å²) in [5.74, 6) is 1.74. The molecule has 9 nitrogen and oxygen atoms in total. The van der Waals surface area contributed by atoms with E-state index in [4.69, 9.17) is 9.47 Å². The van der Waals surface area contributed by atoms with Gasteiger partial charge in [-0.05, 0) is 6.42 Å². The molecule has 1 aliphatic rings. The molecule has 0 bridgehead atoms. The van der Waals surface area contributed by atoms with Crippen LogP contribution >= 0.6 is 21.6 Å². The number of amides is 2. The molecule has 0 radical (unpaired) electrons. The van der Waals surface area contributed by atoms with Gasteiger partial charge in [0, 0.05) is 83.8 Å². The highest BCUT2D eigenvalue weighted by Crippen LogP contribution is 2.19. The molecule has 2 amide bonds. The Morgan fingerprint density at radius 3 is 1.88 bits per heavy atom. The van der Waals surface area contributed by atoms with Crippen LogP contribution in [-0.2, 0) is 23.9 Å². The lowest BCUT2D eigenvalue weighted by atomic mass is 10.2. The second-order valence-electron chi connectivity index (χ2n) is 7.49. The maximum atomic E-state index is 12.0. The molecule has 0 saturated carbocycles. The minimum atomic E-state index is -0.184. The molecule has 0 aromatic rings. The van der Waals surface area contributed by atoms with E-state index in [-0.39, 0.29) is 17.8 Å². The van der Waals surface area contributed by atoms with Crippen LogP contribution in [0.5, 0.6) is 0 Å². The fourth-order valence-corrected chi connectivity index (χ4v) is 4.86. The van der Waals surface area contributed by atoms with Gasteiger partial charge < -0.3 is 29.9 Å². The molecule has 1 fully saturated rings. The first kappa shape index (κ1) is 29.0. The van der Waals surface area contributed by atoms with Crippen molar-refractivity contribution >= 4 is 39.4 Å². The van der Waals surface area contributed by atoms with Crippen molar-refractivity contribution in [2.75, 3.05) is 84.2 Å². The first-order valence-electron chi connectivity index (χ1n) is 11.4. The second kappa shape index (κ2) is 19.5. The second-order valence-corrected chi connectivity index (χ2v) is 10.2. The van der Waals surface area contributed by atoms with Gasteiger partial charge in [0.2, 0.25) is 11.8 Å². The molecule has 0 atom stereocenters. The lowest BCUT2D eigenvalue weighted by Gasteiger charge is -2.34. The smallest absolute Gasteiger partial charge is 0.307 e. The van der Waals surface area contributed by atoms with Crippen LogP contribution in [0.25, 0.3) is 0 Å². The van der Waals surface area contributed by atoms with Crippen molar-refractivity contribution in [2.24, 2.45) is 0 Å². The zero-order valence-corrected chi connectivity index (χ0v) is 21.2.